The summed E-state index contributed by atoms with van der Waals surface area (Å²) in [6, 6.07) is 5.92. The van der Waals surface area contributed by atoms with Gasteiger partial charge in [0.2, 0.25) is 5.82 Å². The molecule has 3 aromatic rings. The fourth-order valence-electron chi connectivity index (χ4n) is 3.40. The quantitative estimate of drug-likeness (QED) is 0.703. The van der Waals surface area contributed by atoms with Gasteiger partial charge in [0.05, 0.1) is 11.8 Å². The summed E-state index contributed by atoms with van der Waals surface area (Å²) in [4.78, 5) is 28.1. The van der Waals surface area contributed by atoms with Crippen LogP contribution in [0.4, 0.5) is 11.6 Å². The van der Waals surface area contributed by atoms with E-state index in [0.29, 0.717) is 41.3 Å². The number of anilines is 2. The van der Waals surface area contributed by atoms with Crippen LogP contribution in [-0.2, 0) is 0 Å². The number of nitrogens with zero attached hydrogens (tertiary/aromatic N) is 5. The molecule has 1 saturated carbocycles. The Labute approximate surface area is 166 Å². The molecule has 1 saturated heterocycles. The molecule has 3 heterocycles. The zero-order chi connectivity index (χ0) is 19.1. The van der Waals surface area contributed by atoms with Gasteiger partial charge in [-0.05, 0) is 31.0 Å². The van der Waals surface area contributed by atoms with E-state index in [1.54, 1.807) is 17.0 Å². The van der Waals surface area contributed by atoms with E-state index in [9.17, 15) is 4.79 Å². The second-order valence-corrected chi connectivity index (χ2v) is 7.60. The third-order valence-corrected chi connectivity index (χ3v) is 5.30. The lowest BCUT2D eigenvalue weighted by molar-refractivity contribution is 0.0724. The first-order chi connectivity index (χ1) is 13.7. The number of carbonyl (C=O) groups is 1. The normalized spacial score (nSPS) is 17.1. The predicted molar refractivity (Wildman–Crippen MR) is 107 cm³/mol. The van der Waals surface area contributed by atoms with E-state index in [1.165, 1.54) is 12.8 Å². The zero-order valence-electron chi connectivity index (χ0n) is 15.2. The second-order valence-electron chi connectivity index (χ2n) is 7.16. The lowest BCUT2D eigenvalue weighted by atomic mass is 10.2. The van der Waals surface area contributed by atoms with Gasteiger partial charge in [-0.3, -0.25) is 4.79 Å². The molecule has 9 heteroatoms. The molecule has 0 atom stereocenters. The first-order valence-corrected chi connectivity index (χ1v) is 9.83. The number of fused-ring (bicyclic) bond motifs is 1. The topological polar surface area (TPSA) is 88.0 Å². The van der Waals surface area contributed by atoms with Crippen LogP contribution in [0.5, 0.6) is 0 Å². The Hall–Kier alpha value is -2.71. The first-order valence-electron chi connectivity index (χ1n) is 9.45. The molecule has 0 unspecified atom stereocenters. The molecule has 0 radical (unpaired) electrons. The summed E-state index contributed by atoms with van der Waals surface area (Å²) >= 11 is 6.19. The number of imidazole rings is 1. The molecule has 2 N–H and O–H groups in total. The highest BCUT2D eigenvalue weighted by molar-refractivity contribution is 6.31. The summed E-state index contributed by atoms with van der Waals surface area (Å²) in [5.74, 6) is 1.24. The maximum Gasteiger partial charge on any atom is 0.291 e. The Morgan fingerprint density at radius 1 is 1.21 bits per heavy atom. The van der Waals surface area contributed by atoms with Crippen molar-refractivity contribution in [1.82, 2.24) is 29.7 Å². The highest BCUT2D eigenvalue weighted by atomic mass is 35.5. The number of halogens is 1. The van der Waals surface area contributed by atoms with Crippen LogP contribution in [0.15, 0.2) is 30.7 Å². The molecule has 1 aliphatic carbocycles. The fourth-order valence-corrected chi connectivity index (χ4v) is 3.57. The molecule has 0 bridgehead atoms. The number of hydrogen-bond donors (Lipinski definition) is 2. The summed E-state index contributed by atoms with van der Waals surface area (Å²) in [6.45, 7) is 2.85. The summed E-state index contributed by atoms with van der Waals surface area (Å²) in [5, 5.41) is 7.84. The van der Waals surface area contributed by atoms with Crippen LogP contribution < -0.4 is 10.6 Å². The smallest absolute Gasteiger partial charge is 0.291 e. The molecule has 2 aromatic heterocycles. The second kappa shape index (κ2) is 7.03. The van der Waals surface area contributed by atoms with Crippen LogP contribution in [0, 0.1) is 0 Å². The average Bonchev–Trinajstić information content (AvgIpc) is 3.47. The van der Waals surface area contributed by atoms with Gasteiger partial charge in [-0.15, -0.1) is 0 Å². The van der Waals surface area contributed by atoms with Gasteiger partial charge in [-0.2, -0.15) is 0 Å². The third-order valence-electron chi connectivity index (χ3n) is 5.07. The van der Waals surface area contributed by atoms with Crippen molar-refractivity contribution in [3.05, 3.63) is 41.6 Å². The standard InChI is InChI=1S/C19H20ClN7O/c20-12-1-4-15-14(9-12)17(24-16-10-27(11-22-16)13-2-3-13)25-18(23-15)19(28)26-7-5-21-6-8-26/h1,4,9-11,13,21H,2-3,5-8H2,(H,23,24,25). The maximum atomic E-state index is 12.9. The summed E-state index contributed by atoms with van der Waals surface area (Å²) in [7, 11) is 0. The van der Waals surface area contributed by atoms with Crippen molar-refractivity contribution in [3.63, 3.8) is 0 Å². The number of amides is 1. The van der Waals surface area contributed by atoms with Crippen LogP contribution in [-0.4, -0.2) is 56.5 Å². The monoisotopic (exact) mass is 397 g/mol. The van der Waals surface area contributed by atoms with Crippen molar-refractivity contribution in [1.29, 1.82) is 0 Å². The Morgan fingerprint density at radius 2 is 2.04 bits per heavy atom. The average molecular weight is 398 g/mol. The van der Waals surface area contributed by atoms with E-state index in [4.69, 9.17) is 11.6 Å². The van der Waals surface area contributed by atoms with Crippen molar-refractivity contribution >= 4 is 40.0 Å². The molecule has 2 fully saturated rings. The molecule has 28 heavy (non-hydrogen) atoms. The Balaban J connectivity index is 1.52. The van der Waals surface area contributed by atoms with Crippen molar-refractivity contribution in [2.45, 2.75) is 18.9 Å². The largest absolute Gasteiger partial charge is 0.333 e. The molecule has 1 aromatic carbocycles. The van der Waals surface area contributed by atoms with E-state index in [-0.39, 0.29) is 11.7 Å². The molecular weight excluding hydrogens is 378 g/mol. The van der Waals surface area contributed by atoms with Crippen LogP contribution in [0.3, 0.4) is 0 Å². The van der Waals surface area contributed by atoms with Crippen molar-refractivity contribution in [3.8, 4) is 0 Å². The summed E-state index contributed by atoms with van der Waals surface area (Å²) in [5.41, 5.74) is 0.669. The van der Waals surface area contributed by atoms with Gasteiger partial charge in [0.15, 0.2) is 0 Å². The van der Waals surface area contributed by atoms with Gasteiger partial charge in [0.1, 0.15) is 11.6 Å². The number of hydrogen-bond acceptors (Lipinski definition) is 6. The van der Waals surface area contributed by atoms with Crippen molar-refractivity contribution in [2.24, 2.45) is 0 Å². The van der Waals surface area contributed by atoms with Gasteiger partial charge < -0.3 is 20.1 Å². The molecule has 5 rings (SSSR count). The van der Waals surface area contributed by atoms with E-state index < -0.39 is 0 Å². The van der Waals surface area contributed by atoms with Gasteiger partial charge in [-0.1, -0.05) is 11.6 Å². The fraction of sp³-hybridized carbons (Fsp3) is 0.368. The molecule has 144 valence electrons. The predicted octanol–water partition coefficient (Wildman–Crippen LogP) is 2.60. The Kier molecular flexibility index (Phi) is 4.37. The van der Waals surface area contributed by atoms with Crippen molar-refractivity contribution < 1.29 is 4.79 Å². The van der Waals surface area contributed by atoms with Gasteiger partial charge in [0.25, 0.3) is 5.91 Å². The summed E-state index contributed by atoms with van der Waals surface area (Å²) in [6.07, 6.45) is 6.16. The van der Waals surface area contributed by atoms with Crippen LogP contribution in [0.1, 0.15) is 29.5 Å². The number of benzene rings is 1. The maximum absolute atomic E-state index is 12.9. The number of nitrogens with one attached hydrogen (secondary N) is 2. The van der Waals surface area contributed by atoms with E-state index in [2.05, 4.69) is 30.2 Å². The lowest BCUT2D eigenvalue weighted by Crippen LogP contribution is -2.46. The van der Waals surface area contributed by atoms with Crippen LogP contribution in [0.25, 0.3) is 10.9 Å². The number of aromatic nitrogens is 4. The van der Waals surface area contributed by atoms with E-state index in [1.807, 2.05) is 18.6 Å². The summed E-state index contributed by atoms with van der Waals surface area (Å²) < 4.78 is 2.10. The molecule has 1 aliphatic heterocycles. The lowest BCUT2D eigenvalue weighted by Gasteiger charge is -2.26. The third kappa shape index (κ3) is 3.41. The van der Waals surface area contributed by atoms with Gasteiger partial charge >= 0.3 is 0 Å². The molecule has 0 spiro atoms. The van der Waals surface area contributed by atoms with Crippen molar-refractivity contribution in [2.75, 3.05) is 31.5 Å². The zero-order valence-corrected chi connectivity index (χ0v) is 16.0. The molecule has 2 aliphatic rings. The minimum absolute atomic E-state index is 0.162. The Bertz CT molecular complexity index is 1040. The van der Waals surface area contributed by atoms with E-state index in [0.717, 1.165) is 18.5 Å². The minimum atomic E-state index is -0.162. The van der Waals surface area contributed by atoms with Gasteiger partial charge in [0, 0.05) is 48.8 Å². The van der Waals surface area contributed by atoms with E-state index >= 15 is 0 Å². The SMILES string of the molecule is O=C(c1nc(Nc2cn(C3CC3)cn2)c2cc(Cl)ccc2n1)N1CCNCC1. The van der Waals surface area contributed by atoms with Gasteiger partial charge in [-0.25, -0.2) is 15.0 Å². The molecule has 8 nitrogen and oxygen atoms in total. The highest BCUT2D eigenvalue weighted by Gasteiger charge is 2.24. The molecular formula is C19H20ClN7O. The number of rotatable bonds is 4. The number of piperazine rings is 1. The number of carbonyl (C=O) groups excluding carboxylic acids is 1. The first kappa shape index (κ1) is 17.4. The minimum Gasteiger partial charge on any atom is -0.333 e. The van der Waals surface area contributed by atoms with Crippen LogP contribution in [0.2, 0.25) is 5.02 Å². The van der Waals surface area contributed by atoms with Crippen LogP contribution >= 0.6 is 11.6 Å². The highest BCUT2D eigenvalue weighted by Crippen LogP contribution is 2.35. The molecule has 1 amide bonds. The Morgan fingerprint density at radius 3 is 2.82 bits per heavy atom.